The van der Waals surface area contributed by atoms with E-state index in [2.05, 4.69) is 41.6 Å². The molecule has 174 valence electrons. The molecule has 6 nitrogen and oxygen atoms in total. The summed E-state index contributed by atoms with van der Waals surface area (Å²) in [5.74, 6) is 1.63. The number of carbonyl (C=O) groups excluding carboxylic acids is 1. The maximum absolute atomic E-state index is 13.8. The predicted molar refractivity (Wildman–Crippen MR) is 134 cm³/mol. The minimum absolute atomic E-state index is 0.0185. The third kappa shape index (κ3) is 3.89. The summed E-state index contributed by atoms with van der Waals surface area (Å²) in [6, 6.07) is 13.8. The van der Waals surface area contributed by atoms with Crippen molar-refractivity contribution in [2.45, 2.75) is 38.6 Å². The summed E-state index contributed by atoms with van der Waals surface area (Å²) >= 11 is 0. The Kier molecular flexibility index (Phi) is 5.74. The monoisotopic (exact) mass is 455 g/mol. The third-order valence-electron chi connectivity index (χ3n) is 6.93. The number of ketones is 1. The Labute approximate surface area is 200 Å². The molecule has 3 aromatic rings. The number of rotatable bonds is 4. The first-order chi connectivity index (χ1) is 16.5. The SMILES string of the molecule is COc1ccc(OC)c([C@@H]2CC(=O)C3=C(C2)Nc2cc(C)c(C)cc2N[C@@H]3c2ccncc2)c1. The van der Waals surface area contributed by atoms with Crippen molar-refractivity contribution in [2.75, 3.05) is 24.9 Å². The summed E-state index contributed by atoms with van der Waals surface area (Å²) in [6.45, 7) is 4.21. The van der Waals surface area contributed by atoms with Gasteiger partial charge in [-0.1, -0.05) is 0 Å². The average Bonchev–Trinajstić information content (AvgIpc) is 3.01. The Morgan fingerprint density at radius 2 is 1.65 bits per heavy atom. The predicted octanol–water partition coefficient (Wildman–Crippen LogP) is 5.70. The minimum atomic E-state index is -0.255. The van der Waals surface area contributed by atoms with E-state index in [4.69, 9.17) is 9.47 Å². The van der Waals surface area contributed by atoms with Crippen LogP contribution < -0.4 is 20.1 Å². The van der Waals surface area contributed by atoms with E-state index < -0.39 is 0 Å². The van der Waals surface area contributed by atoms with E-state index >= 15 is 0 Å². The van der Waals surface area contributed by atoms with Crippen molar-refractivity contribution in [3.8, 4) is 11.5 Å². The molecule has 5 rings (SSSR count). The number of fused-ring (bicyclic) bond motifs is 1. The van der Waals surface area contributed by atoms with Crippen LogP contribution in [0.1, 0.15) is 47.1 Å². The summed E-state index contributed by atoms with van der Waals surface area (Å²) in [7, 11) is 3.31. The third-order valence-corrected chi connectivity index (χ3v) is 6.93. The fraction of sp³-hybridized carbons (Fsp3) is 0.286. The van der Waals surface area contributed by atoms with Gasteiger partial charge in [-0.15, -0.1) is 0 Å². The summed E-state index contributed by atoms with van der Waals surface area (Å²) in [4.78, 5) is 17.9. The molecular formula is C28H29N3O3. The van der Waals surface area contributed by atoms with Crippen molar-refractivity contribution in [3.63, 3.8) is 0 Å². The number of allylic oxidation sites excluding steroid dienone is 1. The molecule has 1 aliphatic carbocycles. The molecule has 0 spiro atoms. The molecule has 6 heteroatoms. The molecule has 34 heavy (non-hydrogen) atoms. The fourth-order valence-electron chi connectivity index (χ4n) is 5.00. The zero-order chi connectivity index (χ0) is 23.8. The number of methoxy groups -OCH3 is 2. The van der Waals surface area contributed by atoms with Crippen LogP contribution in [0, 0.1) is 13.8 Å². The van der Waals surface area contributed by atoms with Gasteiger partial charge in [-0.05, 0) is 79.4 Å². The summed E-state index contributed by atoms with van der Waals surface area (Å²) in [5, 5.41) is 7.29. The molecule has 0 fully saturated rings. The number of benzene rings is 2. The quantitative estimate of drug-likeness (QED) is 0.526. The van der Waals surface area contributed by atoms with Gasteiger partial charge < -0.3 is 20.1 Å². The second kappa shape index (κ2) is 8.86. The number of pyridine rings is 1. The average molecular weight is 456 g/mol. The van der Waals surface area contributed by atoms with Gasteiger partial charge in [0, 0.05) is 41.6 Å². The largest absolute Gasteiger partial charge is 0.497 e. The van der Waals surface area contributed by atoms with E-state index in [0.717, 1.165) is 45.3 Å². The van der Waals surface area contributed by atoms with Crippen molar-refractivity contribution in [2.24, 2.45) is 0 Å². The minimum Gasteiger partial charge on any atom is -0.497 e. The number of aryl methyl sites for hydroxylation is 2. The summed E-state index contributed by atoms with van der Waals surface area (Å²) in [5.41, 5.74) is 8.11. The Morgan fingerprint density at radius 1 is 0.912 bits per heavy atom. The zero-order valence-corrected chi connectivity index (χ0v) is 19.9. The van der Waals surface area contributed by atoms with Crippen molar-refractivity contribution < 1.29 is 14.3 Å². The Balaban J connectivity index is 1.63. The molecule has 1 aliphatic heterocycles. The smallest absolute Gasteiger partial charge is 0.163 e. The van der Waals surface area contributed by atoms with E-state index in [1.165, 1.54) is 11.1 Å². The van der Waals surface area contributed by atoms with E-state index in [0.29, 0.717) is 12.8 Å². The number of Topliss-reactive ketones (excluding diaryl/α,β-unsaturated/α-hetero) is 1. The van der Waals surface area contributed by atoms with Gasteiger partial charge in [-0.2, -0.15) is 0 Å². The summed E-state index contributed by atoms with van der Waals surface area (Å²) in [6.07, 6.45) is 4.64. The molecule has 2 atom stereocenters. The molecule has 1 aromatic heterocycles. The Hall–Kier alpha value is -3.80. The molecule has 0 saturated heterocycles. The fourth-order valence-corrected chi connectivity index (χ4v) is 5.00. The van der Waals surface area contributed by atoms with E-state index in [9.17, 15) is 4.79 Å². The number of nitrogens with one attached hydrogen (secondary N) is 2. The highest BCUT2D eigenvalue weighted by Gasteiger charge is 2.37. The highest BCUT2D eigenvalue weighted by atomic mass is 16.5. The van der Waals surface area contributed by atoms with Gasteiger partial charge in [0.2, 0.25) is 0 Å². The van der Waals surface area contributed by atoms with Crippen LogP contribution in [0.2, 0.25) is 0 Å². The number of anilines is 2. The van der Waals surface area contributed by atoms with Gasteiger partial charge in [-0.3, -0.25) is 9.78 Å². The van der Waals surface area contributed by atoms with Crippen LogP contribution in [0.5, 0.6) is 11.5 Å². The molecule has 2 N–H and O–H groups in total. The van der Waals surface area contributed by atoms with E-state index in [1.807, 2.05) is 30.3 Å². The molecule has 0 unspecified atom stereocenters. The molecule has 0 radical (unpaired) electrons. The van der Waals surface area contributed by atoms with Crippen LogP contribution in [0.3, 0.4) is 0 Å². The van der Waals surface area contributed by atoms with Gasteiger partial charge in [0.15, 0.2) is 5.78 Å². The zero-order valence-electron chi connectivity index (χ0n) is 19.9. The molecule has 0 bridgehead atoms. The standard InChI is InChI=1S/C28H29N3O3/c1-16-11-22-23(12-17(16)2)31-28(18-7-9-29-10-8-18)27-24(30-22)13-19(14-25(27)32)21-15-20(33-3)5-6-26(21)34-4/h5-12,15,19,28,30-31H,13-14H2,1-4H3/t19-,28+/m0/s1. The maximum atomic E-state index is 13.8. The van der Waals surface area contributed by atoms with Crippen LogP contribution in [-0.2, 0) is 4.79 Å². The number of hydrogen-bond acceptors (Lipinski definition) is 6. The number of nitrogens with zero attached hydrogens (tertiary/aromatic N) is 1. The first-order valence-corrected chi connectivity index (χ1v) is 11.5. The molecule has 2 heterocycles. The lowest BCUT2D eigenvalue weighted by atomic mass is 9.78. The Morgan fingerprint density at radius 3 is 2.35 bits per heavy atom. The lowest BCUT2D eigenvalue weighted by molar-refractivity contribution is -0.116. The van der Waals surface area contributed by atoms with E-state index in [-0.39, 0.29) is 17.7 Å². The summed E-state index contributed by atoms with van der Waals surface area (Å²) < 4.78 is 11.1. The molecule has 2 aliphatic rings. The van der Waals surface area contributed by atoms with Crippen LogP contribution in [0.25, 0.3) is 0 Å². The normalized spacial score (nSPS) is 19.4. The highest BCUT2D eigenvalue weighted by Crippen LogP contribution is 2.46. The number of ether oxygens (including phenoxy) is 2. The van der Waals surface area contributed by atoms with Crippen molar-refractivity contribution in [3.05, 3.63) is 88.4 Å². The van der Waals surface area contributed by atoms with Crippen molar-refractivity contribution in [1.82, 2.24) is 4.98 Å². The second-order valence-electron chi connectivity index (χ2n) is 8.99. The molecule has 0 amide bonds. The van der Waals surface area contributed by atoms with Gasteiger partial charge in [0.05, 0.1) is 31.6 Å². The number of carbonyl (C=O) groups is 1. The number of aromatic nitrogens is 1. The lowest BCUT2D eigenvalue weighted by Crippen LogP contribution is -2.27. The van der Waals surface area contributed by atoms with Gasteiger partial charge in [0.1, 0.15) is 11.5 Å². The molecule has 0 saturated carbocycles. The second-order valence-corrected chi connectivity index (χ2v) is 8.99. The topological polar surface area (TPSA) is 72.5 Å². The van der Waals surface area contributed by atoms with Gasteiger partial charge in [-0.25, -0.2) is 0 Å². The Bertz CT molecular complexity index is 1280. The highest BCUT2D eigenvalue weighted by molar-refractivity contribution is 6.01. The van der Waals surface area contributed by atoms with Crippen LogP contribution >= 0.6 is 0 Å². The van der Waals surface area contributed by atoms with Crippen LogP contribution in [0.4, 0.5) is 11.4 Å². The molecular weight excluding hydrogens is 426 g/mol. The van der Waals surface area contributed by atoms with Crippen LogP contribution in [-0.4, -0.2) is 25.0 Å². The first kappa shape index (κ1) is 22.0. The molecule has 2 aromatic carbocycles. The van der Waals surface area contributed by atoms with Gasteiger partial charge in [0.25, 0.3) is 0 Å². The number of hydrogen-bond donors (Lipinski definition) is 2. The first-order valence-electron chi connectivity index (χ1n) is 11.5. The van der Waals surface area contributed by atoms with Gasteiger partial charge >= 0.3 is 0 Å². The van der Waals surface area contributed by atoms with Crippen molar-refractivity contribution in [1.29, 1.82) is 0 Å². The lowest BCUT2D eigenvalue weighted by Gasteiger charge is -2.30. The maximum Gasteiger partial charge on any atom is 0.163 e. The van der Waals surface area contributed by atoms with Crippen molar-refractivity contribution >= 4 is 17.2 Å². The van der Waals surface area contributed by atoms with E-state index in [1.54, 1.807) is 26.6 Å². The van der Waals surface area contributed by atoms with Crippen LogP contribution in [0.15, 0.2) is 66.1 Å².